The number of allylic oxidation sites excluding steroid dienone is 1. The Kier molecular flexibility index (Phi) is 6.75. The first-order chi connectivity index (χ1) is 17.2. The number of nitrogens with two attached hydrogens (primary N) is 1. The van der Waals surface area contributed by atoms with E-state index >= 15 is 0 Å². The maximum absolute atomic E-state index is 11.6. The molecule has 2 saturated heterocycles. The molecular weight excluding hydrogens is 464 g/mol. The Morgan fingerprint density at radius 3 is 2.75 bits per heavy atom. The molecule has 2 aliphatic heterocycles. The molecule has 11 nitrogen and oxygen atoms in total. The lowest BCUT2D eigenvalue weighted by Crippen LogP contribution is -2.52. The number of fused-ring (bicyclic) bond motifs is 2. The average molecular weight is 501 g/mol. The highest BCUT2D eigenvalue weighted by molar-refractivity contribution is 5.82. The number of anilines is 1. The Bertz CT molecular complexity index is 1130. The van der Waals surface area contributed by atoms with Crippen molar-refractivity contribution >= 4 is 23.0 Å². The van der Waals surface area contributed by atoms with Gasteiger partial charge in [-0.3, -0.25) is 9.47 Å². The monoisotopic (exact) mass is 500 g/mol. The summed E-state index contributed by atoms with van der Waals surface area (Å²) in [7, 11) is 0. The van der Waals surface area contributed by atoms with Crippen molar-refractivity contribution in [3.8, 4) is 0 Å². The van der Waals surface area contributed by atoms with Gasteiger partial charge in [-0.25, -0.2) is 19.7 Å². The summed E-state index contributed by atoms with van der Waals surface area (Å²) in [6.07, 6.45) is 7.42. The minimum absolute atomic E-state index is 0.199. The van der Waals surface area contributed by atoms with Crippen LogP contribution in [0.25, 0.3) is 11.2 Å². The van der Waals surface area contributed by atoms with E-state index in [1.807, 2.05) is 31.4 Å². The third-order valence-corrected chi connectivity index (χ3v) is 7.25. The number of carbonyl (C=O) groups excluding carboxylic acids is 1. The Morgan fingerprint density at radius 1 is 1.28 bits per heavy atom. The zero-order valence-electron chi connectivity index (χ0n) is 21.5. The molecule has 2 aromatic heterocycles. The summed E-state index contributed by atoms with van der Waals surface area (Å²) in [5, 5.41) is 0. The number of imidazole rings is 1. The number of ether oxygens (including phenoxy) is 4. The first kappa shape index (κ1) is 25.1. The lowest BCUT2D eigenvalue weighted by atomic mass is 9.78. The summed E-state index contributed by atoms with van der Waals surface area (Å²) < 4.78 is 26.1. The van der Waals surface area contributed by atoms with Crippen molar-refractivity contribution in [3.05, 3.63) is 24.8 Å². The summed E-state index contributed by atoms with van der Waals surface area (Å²) in [4.78, 5) is 27.0. The lowest BCUT2D eigenvalue weighted by Gasteiger charge is -2.45. The third-order valence-electron chi connectivity index (χ3n) is 7.25. The number of rotatable bonds is 8. The summed E-state index contributed by atoms with van der Waals surface area (Å²) in [6.45, 7) is 11.2. The molecule has 1 aliphatic carbocycles. The second kappa shape index (κ2) is 9.70. The molecule has 1 saturated carbocycles. The summed E-state index contributed by atoms with van der Waals surface area (Å²) in [5.74, 6) is -0.296. The SMILES string of the molecule is CCOC(=O)/C=C/C1CC(N(C[C@H]2O[C@@H](n3cnc4c(N)ncnc43)[C@@H]3OC(C)(C)O[C@@H]32)C(C)C)C1. The maximum atomic E-state index is 11.6. The maximum Gasteiger partial charge on any atom is 0.330 e. The Balaban J connectivity index is 1.31. The van der Waals surface area contributed by atoms with Crippen molar-refractivity contribution in [1.29, 1.82) is 0 Å². The van der Waals surface area contributed by atoms with Gasteiger partial charge in [-0.15, -0.1) is 0 Å². The Morgan fingerprint density at radius 2 is 2.03 bits per heavy atom. The molecule has 5 rings (SSSR count). The van der Waals surface area contributed by atoms with E-state index in [1.54, 1.807) is 12.4 Å². The molecule has 2 aromatic rings. The second-order valence-corrected chi connectivity index (χ2v) is 10.5. The van der Waals surface area contributed by atoms with E-state index in [1.165, 1.54) is 6.33 Å². The molecule has 3 aliphatic rings. The predicted octanol–water partition coefficient (Wildman–Crippen LogP) is 2.43. The van der Waals surface area contributed by atoms with Gasteiger partial charge >= 0.3 is 5.97 Å². The molecule has 11 heteroatoms. The smallest absolute Gasteiger partial charge is 0.330 e. The topological polar surface area (TPSA) is 127 Å². The van der Waals surface area contributed by atoms with Crippen LogP contribution in [0.5, 0.6) is 0 Å². The summed E-state index contributed by atoms with van der Waals surface area (Å²) in [6, 6.07) is 0.725. The highest BCUT2D eigenvalue weighted by Gasteiger charge is 2.56. The molecule has 0 unspecified atom stereocenters. The Labute approximate surface area is 210 Å². The minimum atomic E-state index is -0.720. The number of esters is 1. The van der Waals surface area contributed by atoms with Gasteiger partial charge in [-0.1, -0.05) is 6.08 Å². The van der Waals surface area contributed by atoms with Crippen molar-refractivity contribution in [1.82, 2.24) is 24.4 Å². The van der Waals surface area contributed by atoms with Crippen molar-refractivity contribution in [2.24, 2.45) is 5.92 Å². The molecule has 4 atom stereocenters. The Hall–Kier alpha value is -2.60. The van der Waals surface area contributed by atoms with Crippen LogP contribution in [-0.2, 0) is 23.7 Å². The van der Waals surface area contributed by atoms with Crippen LogP contribution in [0.15, 0.2) is 24.8 Å². The van der Waals surface area contributed by atoms with Gasteiger partial charge < -0.3 is 24.7 Å². The number of hydrogen-bond acceptors (Lipinski definition) is 10. The minimum Gasteiger partial charge on any atom is -0.463 e. The second-order valence-electron chi connectivity index (χ2n) is 10.5. The summed E-state index contributed by atoms with van der Waals surface area (Å²) in [5.41, 5.74) is 7.15. The van der Waals surface area contributed by atoms with E-state index in [9.17, 15) is 4.79 Å². The number of hydrogen-bond donors (Lipinski definition) is 1. The molecule has 0 bridgehead atoms. The van der Waals surface area contributed by atoms with E-state index in [4.69, 9.17) is 24.7 Å². The number of nitrogen functional groups attached to an aromatic ring is 1. The van der Waals surface area contributed by atoms with Crippen molar-refractivity contribution in [3.63, 3.8) is 0 Å². The molecule has 0 spiro atoms. The highest BCUT2D eigenvalue weighted by Crippen LogP contribution is 2.45. The molecule has 3 fully saturated rings. The molecule has 0 aromatic carbocycles. The van der Waals surface area contributed by atoms with Gasteiger partial charge in [0, 0.05) is 24.7 Å². The van der Waals surface area contributed by atoms with Crippen LogP contribution in [0.2, 0.25) is 0 Å². The van der Waals surface area contributed by atoms with Crippen molar-refractivity contribution < 1.29 is 23.7 Å². The largest absolute Gasteiger partial charge is 0.463 e. The molecule has 2 N–H and O–H groups in total. The summed E-state index contributed by atoms with van der Waals surface area (Å²) >= 11 is 0. The van der Waals surface area contributed by atoms with Gasteiger partial charge in [0.1, 0.15) is 30.2 Å². The van der Waals surface area contributed by atoms with Crippen LogP contribution in [0.1, 0.15) is 53.7 Å². The first-order valence-corrected chi connectivity index (χ1v) is 12.7. The van der Waals surface area contributed by atoms with E-state index in [-0.39, 0.29) is 24.3 Å². The van der Waals surface area contributed by atoms with E-state index in [0.717, 1.165) is 12.8 Å². The normalized spacial score (nSPS) is 31.4. The average Bonchev–Trinajstić information content (AvgIpc) is 3.43. The molecule has 196 valence electrons. The van der Waals surface area contributed by atoms with Gasteiger partial charge in [0.2, 0.25) is 0 Å². The highest BCUT2D eigenvalue weighted by atomic mass is 16.8. The standard InChI is InChI=1S/C25H36N6O5/c1-6-33-18(32)8-7-15-9-16(10-15)30(14(2)3)11-17-20-21(36-25(4,5)35-20)24(34-17)31-13-29-19-22(26)27-12-28-23(19)31/h7-8,12-17,20-21,24H,6,9-11H2,1-5H3,(H2,26,27,28)/b8-7+/t15?,16?,17-,20-,21-,24-/m1/s1. The molecular formula is C25H36N6O5. The lowest BCUT2D eigenvalue weighted by molar-refractivity contribution is -0.199. The first-order valence-electron chi connectivity index (χ1n) is 12.7. The molecule has 0 amide bonds. The van der Waals surface area contributed by atoms with Crippen LogP contribution >= 0.6 is 0 Å². The fourth-order valence-electron chi connectivity index (χ4n) is 5.54. The number of aromatic nitrogens is 4. The molecule has 36 heavy (non-hydrogen) atoms. The molecule has 4 heterocycles. The van der Waals surface area contributed by atoms with Crippen LogP contribution < -0.4 is 5.73 Å². The number of carbonyl (C=O) groups is 1. The van der Waals surface area contributed by atoms with Crippen molar-refractivity contribution in [2.45, 2.75) is 89.9 Å². The van der Waals surface area contributed by atoms with E-state index < -0.39 is 12.0 Å². The van der Waals surface area contributed by atoms with E-state index in [0.29, 0.717) is 48.1 Å². The van der Waals surface area contributed by atoms with Crippen LogP contribution in [0.3, 0.4) is 0 Å². The molecule has 0 radical (unpaired) electrons. The zero-order chi connectivity index (χ0) is 25.6. The fourth-order valence-corrected chi connectivity index (χ4v) is 5.54. The van der Waals surface area contributed by atoms with Crippen LogP contribution in [0.4, 0.5) is 5.82 Å². The van der Waals surface area contributed by atoms with E-state index in [2.05, 4.69) is 33.7 Å². The van der Waals surface area contributed by atoms with Gasteiger partial charge in [0.15, 0.2) is 23.5 Å². The quantitative estimate of drug-likeness (QED) is 0.426. The van der Waals surface area contributed by atoms with Crippen LogP contribution in [-0.4, -0.2) is 79.7 Å². The predicted molar refractivity (Wildman–Crippen MR) is 132 cm³/mol. The zero-order valence-corrected chi connectivity index (χ0v) is 21.5. The van der Waals surface area contributed by atoms with Crippen LogP contribution in [0, 0.1) is 5.92 Å². The third kappa shape index (κ3) is 4.72. The van der Waals surface area contributed by atoms with Gasteiger partial charge in [0.05, 0.1) is 12.9 Å². The van der Waals surface area contributed by atoms with Crippen molar-refractivity contribution in [2.75, 3.05) is 18.9 Å². The fraction of sp³-hybridized carbons (Fsp3) is 0.680. The van der Waals surface area contributed by atoms with Gasteiger partial charge in [-0.05, 0) is 53.4 Å². The van der Waals surface area contributed by atoms with Gasteiger partial charge in [0.25, 0.3) is 0 Å². The van der Waals surface area contributed by atoms with Gasteiger partial charge in [-0.2, -0.15) is 0 Å². The number of nitrogens with zero attached hydrogens (tertiary/aromatic N) is 5.